The molecule has 1 aromatic carbocycles. The average Bonchev–Trinajstić information content (AvgIpc) is 2.54. The van der Waals surface area contributed by atoms with E-state index in [0.717, 1.165) is 0 Å². The summed E-state index contributed by atoms with van der Waals surface area (Å²) in [6.07, 6.45) is 1.52. The number of nitrogens with zero attached hydrogens (tertiary/aromatic N) is 1. The van der Waals surface area contributed by atoms with Gasteiger partial charge in [-0.25, -0.2) is 14.6 Å². The zero-order chi connectivity index (χ0) is 16.8. The maximum absolute atomic E-state index is 12.0. The molecule has 8 heteroatoms. The highest BCUT2D eigenvalue weighted by atomic mass is 16.5. The van der Waals surface area contributed by atoms with Crippen molar-refractivity contribution in [2.75, 3.05) is 24.9 Å². The first-order valence-electron chi connectivity index (χ1n) is 6.53. The van der Waals surface area contributed by atoms with Crippen molar-refractivity contribution in [3.8, 4) is 11.5 Å². The third kappa shape index (κ3) is 3.88. The SMILES string of the molecule is COc1cc(NC(=O)Nc2ccccn2)c(C(=O)O)cc1OC. The lowest BCUT2D eigenvalue weighted by Gasteiger charge is -2.14. The van der Waals surface area contributed by atoms with E-state index in [4.69, 9.17) is 9.47 Å². The zero-order valence-electron chi connectivity index (χ0n) is 12.5. The molecule has 0 aliphatic rings. The Bertz CT molecular complexity index is 719. The van der Waals surface area contributed by atoms with Crippen LogP contribution in [0.3, 0.4) is 0 Å². The standard InChI is InChI=1S/C15H15N3O5/c1-22-11-7-9(14(19)20)10(8-12(11)23-2)17-15(21)18-13-5-3-4-6-16-13/h3-8H,1-2H3,(H,19,20)(H2,16,17,18,21). The molecular formula is C15H15N3O5. The van der Waals surface area contributed by atoms with Gasteiger partial charge < -0.3 is 19.9 Å². The van der Waals surface area contributed by atoms with Crippen LogP contribution in [0, 0.1) is 0 Å². The second kappa shape index (κ2) is 7.12. The van der Waals surface area contributed by atoms with E-state index in [9.17, 15) is 14.7 Å². The number of nitrogens with one attached hydrogen (secondary N) is 2. The van der Waals surface area contributed by atoms with Crippen molar-refractivity contribution >= 4 is 23.5 Å². The Hall–Kier alpha value is -3.29. The second-order valence-electron chi connectivity index (χ2n) is 4.35. The van der Waals surface area contributed by atoms with Gasteiger partial charge in [0.2, 0.25) is 0 Å². The summed E-state index contributed by atoms with van der Waals surface area (Å²) in [5.41, 5.74) is -0.0533. The highest BCUT2D eigenvalue weighted by molar-refractivity contribution is 6.04. The van der Waals surface area contributed by atoms with Crippen molar-refractivity contribution in [2.24, 2.45) is 0 Å². The first-order chi connectivity index (χ1) is 11.0. The molecule has 0 aliphatic carbocycles. The molecule has 0 aliphatic heterocycles. The van der Waals surface area contributed by atoms with E-state index in [2.05, 4.69) is 15.6 Å². The molecule has 0 bridgehead atoms. The molecule has 0 radical (unpaired) electrons. The number of rotatable bonds is 5. The second-order valence-corrected chi connectivity index (χ2v) is 4.35. The summed E-state index contributed by atoms with van der Waals surface area (Å²) < 4.78 is 10.2. The van der Waals surface area contributed by atoms with Crippen LogP contribution in [0.15, 0.2) is 36.5 Å². The van der Waals surface area contributed by atoms with Crippen molar-refractivity contribution < 1.29 is 24.2 Å². The molecular weight excluding hydrogens is 302 g/mol. The number of urea groups is 1. The van der Waals surface area contributed by atoms with Crippen molar-refractivity contribution in [3.63, 3.8) is 0 Å². The van der Waals surface area contributed by atoms with Crippen LogP contribution in [0.5, 0.6) is 11.5 Å². The molecule has 1 aromatic heterocycles. The molecule has 0 fully saturated rings. The highest BCUT2D eigenvalue weighted by Crippen LogP contribution is 2.33. The Morgan fingerprint density at radius 3 is 2.35 bits per heavy atom. The summed E-state index contributed by atoms with van der Waals surface area (Å²) in [7, 11) is 2.81. The molecule has 0 spiro atoms. The van der Waals surface area contributed by atoms with E-state index in [0.29, 0.717) is 11.6 Å². The number of aromatic nitrogens is 1. The average molecular weight is 317 g/mol. The van der Waals surface area contributed by atoms with Crippen molar-refractivity contribution in [2.45, 2.75) is 0 Å². The number of methoxy groups -OCH3 is 2. The number of benzene rings is 1. The minimum Gasteiger partial charge on any atom is -0.493 e. The summed E-state index contributed by atoms with van der Waals surface area (Å²) in [6.45, 7) is 0. The monoisotopic (exact) mass is 317 g/mol. The molecule has 0 saturated carbocycles. The van der Waals surface area contributed by atoms with Crippen molar-refractivity contribution in [1.29, 1.82) is 0 Å². The normalized spacial score (nSPS) is 9.83. The van der Waals surface area contributed by atoms with Crippen molar-refractivity contribution in [3.05, 3.63) is 42.1 Å². The van der Waals surface area contributed by atoms with Gasteiger partial charge in [-0.3, -0.25) is 5.32 Å². The van der Waals surface area contributed by atoms with Gasteiger partial charge in [-0.1, -0.05) is 6.07 Å². The number of ether oxygens (including phenoxy) is 2. The van der Waals surface area contributed by atoms with Crippen LogP contribution in [0.1, 0.15) is 10.4 Å². The van der Waals surface area contributed by atoms with Crippen LogP contribution < -0.4 is 20.1 Å². The lowest BCUT2D eigenvalue weighted by Crippen LogP contribution is -2.21. The number of aromatic carboxylic acids is 1. The molecule has 0 atom stereocenters. The van der Waals surface area contributed by atoms with Crippen LogP contribution in [-0.2, 0) is 0 Å². The smallest absolute Gasteiger partial charge is 0.337 e. The minimum atomic E-state index is -1.21. The Kier molecular flexibility index (Phi) is 4.98. The van der Waals surface area contributed by atoms with Crippen LogP contribution in [-0.4, -0.2) is 36.3 Å². The van der Waals surface area contributed by atoms with E-state index in [1.165, 1.54) is 32.5 Å². The molecule has 23 heavy (non-hydrogen) atoms. The number of anilines is 2. The Balaban J connectivity index is 2.27. The van der Waals surface area contributed by atoms with E-state index < -0.39 is 12.0 Å². The summed E-state index contributed by atoms with van der Waals surface area (Å²) in [5.74, 6) is -0.326. The topological polar surface area (TPSA) is 110 Å². The van der Waals surface area contributed by atoms with Gasteiger partial charge in [0.05, 0.1) is 25.5 Å². The number of hydrogen-bond acceptors (Lipinski definition) is 5. The molecule has 0 saturated heterocycles. The third-order valence-corrected chi connectivity index (χ3v) is 2.91. The molecule has 2 rings (SSSR count). The fourth-order valence-corrected chi connectivity index (χ4v) is 1.87. The van der Waals surface area contributed by atoms with Gasteiger partial charge in [0.25, 0.3) is 0 Å². The highest BCUT2D eigenvalue weighted by Gasteiger charge is 2.18. The molecule has 0 unspecified atom stereocenters. The summed E-state index contributed by atoms with van der Waals surface area (Å²) in [5, 5.41) is 14.2. The molecule has 2 amide bonds. The molecule has 1 heterocycles. The predicted octanol–water partition coefficient (Wildman–Crippen LogP) is 2.44. The lowest BCUT2D eigenvalue weighted by molar-refractivity contribution is 0.0697. The van der Waals surface area contributed by atoms with E-state index in [-0.39, 0.29) is 17.0 Å². The minimum absolute atomic E-state index is 0.0728. The number of pyridine rings is 1. The maximum atomic E-state index is 12.0. The summed E-state index contributed by atoms with van der Waals surface area (Å²) >= 11 is 0. The van der Waals surface area contributed by atoms with Crippen LogP contribution in [0.4, 0.5) is 16.3 Å². The van der Waals surface area contributed by atoms with Gasteiger partial charge in [0, 0.05) is 18.3 Å². The van der Waals surface area contributed by atoms with Gasteiger partial charge in [-0.15, -0.1) is 0 Å². The van der Waals surface area contributed by atoms with Gasteiger partial charge in [0.15, 0.2) is 11.5 Å². The lowest BCUT2D eigenvalue weighted by atomic mass is 10.1. The Morgan fingerprint density at radius 1 is 1.09 bits per heavy atom. The molecule has 3 N–H and O–H groups in total. The van der Waals surface area contributed by atoms with E-state index in [1.807, 2.05) is 0 Å². The number of amides is 2. The first kappa shape index (κ1) is 16.1. The van der Waals surface area contributed by atoms with Gasteiger partial charge in [-0.2, -0.15) is 0 Å². The molecule has 120 valence electrons. The Morgan fingerprint density at radius 2 is 1.78 bits per heavy atom. The largest absolute Gasteiger partial charge is 0.493 e. The van der Waals surface area contributed by atoms with Crippen LogP contribution >= 0.6 is 0 Å². The summed E-state index contributed by atoms with van der Waals surface area (Å²) in [6, 6.07) is 7.05. The Labute approximate surface area is 132 Å². The van der Waals surface area contributed by atoms with Gasteiger partial charge in [-0.05, 0) is 12.1 Å². The third-order valence-electron chi connectivity index (χ3n) is 2.91. The number of carbonyl (C=O) groups is 2. The van der Waals surface area contributed by atoms with Gasteiger partial charge >= 0.3 is 12.0 Å². The molecule has 2 aromatic rings. The first-order valence-corrected chi connectivity index (χ1v) is 6.53. The quantitative estimate of drug-likeness (QED) is 0.781. The van der Waals surface area contributed by atoms with Crippen LogP contribution in [0.25, 0.3) is 0 Å². The van der Waals surface area contributed by atoms with Crippen LogP contribution in [0.2, 0.25) is 0 Å². The van der Waals surface area contributed by atoms with Gasteiger partial charge in [0.1, 0.15) is 5.82 Å². The number of carboxylic acids is 1. The number of hydrogen-bond donors (Lipinski definition) is 3. The number of carboxylic acid groups (broad SMARTS) is 1. The van der Waals surface area contributed by atoms with E-state index in [1.54, 1.807) is 18.2 Å². The fourth-order valence-electron chi connectivity index (χ4n) is 1.87. The maximum Gasteiger partial charge on any atom is 0.337 e. The summed E-state index contributed by atoms with van der Waals surface area (Å²) in [4.78, 5) is 27.3. The number of carbonyl (C=O) groups excluding carboxylic acids is 1. The van der Waals surface area contributed by atoms with E-state index >= 15 is 0 Å². The predicted molar refractivity (Wildman–Crippen MR) is 83.4 cm³/mol. The van der Waals surface area contributed by atoms with Crippen molar-refractivity contribution in [1.82, 2.24) is 4.98 Å². The molecule has 8 nitrogen and oxygen atoms in total. The zero-order valence-corrected chi connectivity index (χ0v) is 12.5. The fraction of sp³-hybridized carbons (Fsp3) is 0.133.